The summed E-state index contributed by atoms with van der Waals surface area (Å²) in [6.07, 6.45) is 5.58. The van der Waals surface area contributed by atoms with Crippen LogP contribution < -0.4 is 15.4 Å². The van der Waals surface area contributed by atoms with Gasteiger partial charge in [-0.2, -0.15) is 0 Å². The third-order valence-corrected chi connectivity index (χ3v) is 4.41. The van der Waals surface area contributed by atoms with Gasteiger partial charge in [0.05, 0.1) is 0 Å². The number of nitrogens with one attached hydrogen (secondary N) is 2. The molecule has 1 aromatic heterocycles. The standard InChI is InChI=1S/C20H25N3O2/c1-14-11-15(2)13-17(12-14)23-20(24)22-16-6-8-18(9-7-16)25-19-5-3-4-10-21-19/h3-5,10-13,16,18H,6-9H2,1-2H3,(H2,22,23,24). The van der Waals surface area contributed by atoms with Gasteiger partial charge in [-0.25, -0.2) is 9.78 Å². The predicted octanol–water partition coefficient (Wildman–Crippen LogP) is 4.21. The number of aryl methyl sites for hydroxylation is 2. The molecule has 3 rings (SSSR count). The van der Waals surface area contributed by atoms with Gasteiger partial charge in [-0.3, -0.25) is 0 Å². The van der Waals surface area contributed by atoms with Crippen molar-refractivity contribution >= 4 is 11.7 Å². The SMILES string of the molecule is Cc1cc(C)cc(NC(=O)NC2CCC(Oc3ccccn3)CC2)c1. The largest absolute Gasteiger partial charge is 0.474 e. The summed E-state index contributed by atoms with van der Waals surface area (Å²) in [5, 5.41) is 6.00. The molecule has 0 saturated heterocycles. The number of nitrogens with zero attached hydrogens (tertiary/aromatic N) is 1. The van der Waals surface area contributed by atoms with Crippen molar-refractivity contribution in [1.29, 1.82) is 0 Å². The highest BCUT2D eigenvalue weighted by Crippen LogP contribution is 2.23. The fourth-order valence-corrected chi connectivity index (χ4v) is 3.31. The minimum absolute atomic E-state index is 0.140. The van der Waals surface area contributed by atoms with Gasteiger partial charge in [0.25, 0.3) is 0 Å². The molecule has 0 radical (unpaired) electrons. The molecule has 1 aliphatic carbocycles. The van der Waals surface area contributed by atoms with Gasteiger partial charge in [-0.1, -0.05) is 12.1 Å². The Morgan fingerprint density at radius 2 is 1.80 bits per heavy atom. The Kier molecular flexibility index (Phi) is 5.53. The van der Waals surface area contributed by atoms with Gasteiger partial charge in [-0.15, -0.1) is 0 Å². The number of hydrogen-bond donors (Lipinski definition) is 2. The summed E-state index contributed by atoms with van der Waals surface area (Å²) in [6.45, 7) is 4.05. The second kappa shape index (κ2) is 8.01. The Bertz CT molecular complexity index is 690. The molecular weight excluding hydrogens is 314 g/mol. The van der Waals surface area contributed by atoms with Crippen LogP contribution in [0.2, 0.25) is 0 Å². The summed E-state index contributed by atoms with van der Waals surface area (Å²) in [5.41, 5.74) is 3.12. The van der Waals surface area contributed by atoms with E-state index in [4.69, 9.17) is 4.74 Å². The maximum Gasteiger partial charge on any atom is 0.319 e. The van der Waals surface area contributed by atoms with E-state index >= 15 is 0 Å². The number of hydrogen-bond acceptors (Lipinski definition) is 3. The number of anilines is 1. The van der Waals surface area contributed by atoms with Crippen LogP contribution in [0.1, 0.15) is 36.8 Å². The first-order valence-electron chi connectivity index (χ1n) is 8.82. The predicted molar refractivity (Wildman–Crippen MR) is 99.0 cm³/mol. The Hall–Kier alpha value is -2.56. The maximum absolute atomic E-state index is 12.2. The highest BCUT2D eigenvalue weighted by molar-refractivity contribution is 5.89. The number of carbonyl (C=O) groups is 1. The molecule has 2 aromatic rings. The smallest absolute Gasteiger partial charge is 0.319 e. The van der Waals surface area contributed by atoms with Crippen LogP contribution in [0.4, 0.5) is 10.5 Å². The lowest BCUT2D eigenvalue weighted by Gasteiger charge is -2.29. The zero-order chi connectivity index (χ0) is 17.6. The molecule has 5 nitrogen and oxygen atoms in total. The quantitative estimate of drug-likeness (QED) is 0.877. The van der Waals surface area contributed by atoms with Crippen LogP contribution in [0.15, 0.2) is 42.6 Å². The lowest BCUT2D eigenvalue weighted by atomic mass is 9.93. The highest BCUT2D eigenvalue weighted by Gasteiger charge is 2.23. The summed E-state index contributed by atoms with van der Waals surface area (Å²) in [6, 6.07) is 11.8. The first-order chi connectivity index (χ1) is 12.1. The lowest BCUT2D eigenvalue weighted by Crippen LogP contribution is -2.41. The number of ether oxygens (including phenoxy) is 1. The lowest BCUT2D eigenvalue weighted by molar-refractivity contribution is 0.135. The summed E-state index contributed by atoms with van der Waals surface area (Å²) in [4.78, 5) is 16.4. The summed E-state index contributed by atoms with van der Waals surface area (Å²) in [7, 11) is 0. The topological polar surface area (TPSA) is 63.2 Å². The molecular formula is C20H25N3O2. The molecule has 132 valence electrons. The molecule has 2 N–H and O–H groups in total. The van der Waals surface area contributed by atoms with Crippen molar-refractivity contribution in [2.45, 2.75) is 51.7 Å². The Labute approximate surface area is 148 Å². The van der Waals surface area contributed by atoms with Gasteiger partial charge in [0.15, 0.2) is 0 Å². The molecule has 0 unspecified atom stereocenters. The van der Waals surface area contributed by atoms with E-state index in [0.717, 1.165) is 42.5 Å². The van der Waals surface area contributed by atoms with Crippen LogP contribution in [0.25, 0.3) is 0 Å². The monoisotopic (exact) mass is 339 g/mol. The van der Waals surface area contributed by atoms with Crippen LogP contribution in [0, 0.1) is 13.8 Å². The van der Waals surface area contributed by atoms with Crippen LogP contribution in [0.5, 0.6) is 5.88 Å². The van der Waals surface area contributed by atoms with Crippen LogP contribution >= 0.6 is 0 Å². The van der Waals surface area contributed by atoms with Crippen molar-refractivity contribution in [3.05, 3.63) is 53.7 Å². The molecule has 0 bridgehead atoms. The number of carbonyl (C=O) groups excluding carboxylic acids is 1. The van der Waals surface area contributed by atoms with E-state index in [1.54, 1.807) is 6.20 Å². The van der Waals surface area contributed by atoms with Crippen molar-refractivity contribution < 1.29 is 9.53 Å². The van der Waals surface area contributed by atoms with Gasteiger partial charge < -0.3 is 15.4 Å². The molecule has 0 aliphatic heterocycles. The summed E-state index contributed by atoms with van der Waals surface area (Å²) >= 11 is 0. The summed E-state index contributed by atoms with van der Waals surface area (Å²) < 4.78 is 5.89. The fourth-order valence-electron chi connectivity index (χ4n) is 3.31. The van der Waals surface area contributed by atoms with Crippen LogP contribution in [-0.4, -0.2) is 23.2 Å². The van der Waals surface area contributed by atoms with E-state index in [9.17, 15) is 4.79 Å². The normalized spacial score (nSPS) is 19.9. The minimum Gasteiger partial charge on any atom is -0.474 e. The average Bonchev–Trinajstić information content (AvgIpc) is 2.56. The molecule has 1 aromatic carbocycles. The van der Waals surface area contributed by atoms with Crippen LogP contribution in [-0.2, 0) is 0 Å². The van der Waals surface area contributed by atoms with E-state index in [1.165, 1.54) is 0 Å². The van der Waals surface area contributed by atoms with Gasteiger partial charge in [0, 0.05) is 24.0 Å². The second-order valence-electron chi connectivity index (χ2n) is 6.73. The van der Waals surface area contributed by atoms with E-state index in [1.807, 2.05) is 44.2 Å². The molecule has 1 aliphatic rings. The van der Waals surface area contributed by atoms with E-state index in [-0.39, 0.29) is 18.2 Å². The van der Waals surface area contributed by atoms with Gasteiger partial charge in [0.2, 0.25) is 5.88 Å². The molecule has 1 heterocycles. The number of urea groups is 1. The fraction of sp³-hybridized carbons (Fsp3) is 0.400. The molecule has 25 heavy (non-hydrogen) atoms. The Balaban J connectivity index is 1.44. The molecule has 0 atom stereocenters. The van der Waals surface area contributed by atoms with E-state index in [2.05, 4.69) is 21.7 Å². The average molecular weight is 339 g/mol. The van der Waals surface area contributed by atoms with Crippen LogP contribution in [0.3, 0.4) is 0 Å². The van der Waals surface area contributed by atoms with Gasteiger partial charge >= 0.3 is 6.03 Å². The van der Waals surface area contributed by atoms with Crippen molar-refractivity contribution in [2.75, 3.05) is 5.32 Å². The zero-order valence-electron chi connectivity index (χ0n) is 14.8. The van der Waals surface area contributed by atoms with Gasteiger partial charge in [0.1, 0.15) is 6.10 Å². The number of pyridine rings is 1. The van der Waals surface area contributed by atoms with E-state index in [0.29, 0.717) is 5.88 Å². The van der Waals surface area contributed by atoms with Crippen molar-refractivity contribution in [3.8, 4) is 5.88 Å². The Morgan fingerprint density at radius 3 is 2.44 bits per heavy atom. The zero-order valence-corrected chi connectivity index (χ0v) is 14.8. The third kappa shape index (κ3) is 5.21. The first-order valence-corrected chi connectivity index (χ1v) is 8.82. The number of amides is 2. The number of aromatic nitrogens is 1. The third-order valence-electron chi connectivity index (χ3n) is 4.41. The molecule has 2 amide bonds. The van der Waals surface area contributed by atoms with Gasteiger partial charge in [-0.05, 0) is 68.9 Å². The number of rotatable bonds is 4. The van der Waals surface area contributed by atoms with Crippen molar-refractivity contribution in [2.24, 2.45) is 0 Å². The first kappa shape index (κ1) is 17.3. The minimum atomic E-state index is -0.140. The van der Waals surface area contributed by atoms with Crippen molar-refractivity contribution in [1.82, 2.24) is 10.3 Å². The number of benzene rings is 1. The highest BCUT2D eigenvalue weighted by atomic mass is 16.5. The van der Waals surface area contributed by atoms with E-state index < -0.39 is 0 Å². The molecule has 1 fully saturated rings. The molecule has 1 saturated carbocycles. The summed E-state index contributed by atoms with van der Waals surface area (Å²) in [5.74, 6) is 0.673. The van der Waals surface area contributed by atoms with Crippen molar-refractivity contribution in [3.63, 3.8) is 0 Å². The second-order valence-corrected chi connectivity index (χ2v) is 6.73. The maximum atomic E-state index is 12.2. The molecule has 5 heteroatoms. The molecule has 0 spiro atoms. The Morgan fingerprint density at radius 1 is 1.08 bits per heavy atom.